The van der Waals surface area contributed by atoms with Crippen LogP contribution in [0.15, 0.2) is 18.7 Å². The van der Waals surface area contributed by atoms with Gasteiger partial charge in [0.05, 0.1) is 0 Å². The van der Waals surface area contributed by atoms with Crippen LogP contribution in [0.25, 0.3) is 0 Å². The summed E-state index contributed by atoms with van der Waals surface area (Å²) in [6, 6.07) is 0. The Hall–Kier alpha value is -1.12. The van der Waals surface area contributed by atoms with E-state index in [1.54, 1.807) is 6.41 Å². The summed E-state index contributed by atoms with van der Waals surface area (Å²) in [5.41, 5.74) is 0. The van der Waals surface area contributed by atoms with Crippen molar-refractivity contribution < 1.29 is 4.79 Å². The minimum absolute atomic E-state index is 1.21. The van der Waals surface area contributed by atoms with Gasteiger partial charge in [-0.25, -0.2) is 0 Å². The highest BCUT2D eigenvalue weighted by molar-refractivity contribution is 5.50. The summed E-state index contributed by atoms with van der Waals surface area (Å²) in [5.74, 6) is 0. The van der Waals surface area contributed by atoms with Gasteiger partial charge in [0.15, 0.2) is 0 Å². The largest absolute Gasteiger partial charge is 0.439 e. The van der Waals surface area contributed by atoms with E-state index >= 15 is 0 Å². The Morgan fingerprint density at radius 2 is 2.57 bits per heavy atom. The van der Waals surface area contributed by atoms with Crippen molar-refractivity contribution in [2.75, 3.05) is 0 Å². The standard InChI is InChI=1S/C4H3N2O/c7-4-6-2-1-5-3-6/h1-3H/q-1. The first-order chi connectivity index (χ1) is 3.43. The first-order valence-corrected chi connectivity index (χ1v) is 1.79. The summed E-state index contributed by atoms with van der Waals surface area (Å²) in [6.45, 7) is 0. The van der Waals surface area contributed by atoms with E-state index in [0.29, 0.717) is 0 Å². The predicted octanol–water partition coefficient (Wildman–Crippen LogP) is -0.202. The fourth-order valence-corrected chi connectivity index (χ4v) is 0.313. The van der Waals surface area contributed by atoms with Crippen molar-refractivity contribution in [1.29, 1.82) is 0 Å². The van der Waals surface area contributed by atoms with Crippen LogP contribution in [0.4, 0.5) is 0 Å². The maximum atomic E-state index is 9.67. The number of hydrogen-bond acceptors (Lipinski definition) is 2. The number of aromatic nitrogens is 2. The minimum atomic E-state index is 1.21. The van der Waals surface area contributed by atoms with Gasteiger partial charge < -0.3 is 14.3 Å². The number of nitrogens with zero attached hydrogens (tertiary/aromatic N) is 2. The van der Waals surface area contributed by atoms with Crippen LogP contribution in [0.2, 0.25) is 0 Å². The van der Waals surface area contributed by atoms with E-state index in [1.165, 1.54) is 23.3 Å². The molecule has 1 rings (SSSR count). The zero-order valence-electron chi connectivity index (χ0n) is 3.53. The number of imidazole rings is 1. The van der Waals surface area contributed by atoms with E-state index in [1.807, 2.05) is 0 Å². The minimum Gasteiger partial charge on any atom is -0.439 e. The second-order valence-electron chi connectivity index (χ2n) is 1.06. The van der Waals surface area contributed by atoms with Crippen LogP contribution >= 0.6 is 0 Å². The van der Waals surface area contributed by atoms with Gasteiger partial charge in [0.25, 0.3) is 0 Å². The van der Waals surface area contributed by atoms with Gasteiger partial charge in [-0.1, -0.05) is 6.20 Å². The van der Waals surface area contributed by atoms with Gasteiger partial charge in [-0.3, -0.25) is 0 Å². The van der Waals surface area contributed by atoms with Crippen molar-refractivity contribution >= 4 is 6.41 Å². The Morgan fingerprint density at radius 1 is 1.71 bits per heavy atom. The molecule has 0 amide bonds. The Balaban J connectivity index is 2.96. The van der Waals surface area contributed by atoms with E-state index in [2.05, 4.69) is 4.98 Å². The number of rotatable bonds is 1. The fourth-order valence-electron chi connectivity index (χ4n) is 0.313. The van der Waals surface area contributed by atoms with Gasteiger partial charge in [-0.2, -0.15) is 0 Å². The lowest BCUT2D eigenvalue weighted by molar-refractivity contribution is 0.547. The SMILES string of the molecule is O=[C-]n1ccnc1. The normalized spacial score (nSPS) is 8.57. The smallest absolute Gasteiger partial charge is 0.149 e. The van der Waals surface area contributed by atoms with Crippen LogP contribution < -0.4 is 0 Å². The van der Waals surface area contributed by atoms with Crippen molar-refractivity contribution in [2.24, 2.45) is 0 Å². The zero-order valence-corrected chi connectivity index (χ0v) is 3.53. The quantitative estimate of drug-likeness (QED) is 0.453. The summed E-state index contributed by atoms with van der Waals surface area (Å²) in [5, 5.41) is 0. The molecule has 0 aliphatic rings. The summed E-state index contributed by atoms with van der Waals surface area (Å²) in [4.78, 5) is 13.3. The van der Waals surface area contributed by atoms with Crippen LogP contribution in [0.1, 0.15) is 0 Å². The summed E-state index contributed by atoms with van der Waals surface area (Å²) in [7, 11) is 0. The summed E-state index contributed by atoms with van der Waals surface area (Å²) in [6.07, 6.45) is 6.03. The molecule has 1 heterocycles. The lowest BCUT2D eigenvalue weighted by Gasteiger charge is -1.88. The third-order valence-electron chi connectivity index (χ3n) is 0.610. The van der Waals surface area contributed by atoms with E-state index in [4.69, 9.17) is 0 Å². The molecule has 0 unspecified atom stereocenters. The van der Waals surface area contributed by atoms with Gasteiger partial charge >= 0.3 is 0 Å². The topological polar surface area (TPSA) is 34.9 Å². The molecule has 0 spiro atoms. The molecule has 0 fully saturated rings. The van der Waals surface area contributed by atoms with Crippen LogP contribution in [0.3, 0.4) is 0 Å². The summed E-state index contributed by atoms with van der Waals surface area (Å²) < 4.78 is 1.21. The molecule has 3 heteroatoms. The zero-order chi connectivity index (χ0) is 5.11. The molecule has 3 nitrogen and oxygen atoms in total. The second kappa shape index (κ2) is 1.55. The van der Waals surface area contributed by atoms with Crippen molar-refractivity contribution in [3.8, 4) is 0 Å². The van der Waals surface area contributed by atoms with Crippen molar-refractivity contribution in [2.45, 2.75) is 0 Å². The average molecular weight is 95.1 g/mol. The van der Waals surface area contributed by atoms with Gasteiger partial charge in [0.2, 0.25) is 0 Å². The maximum Gasteiger partial charge on any atom is 0.149 e. The lowest BCUT2D eigenvalue weighted by Crippen LogP contribution is -1.86. The Labute approximate surface area is 40.6 Å². The Bertz CT molecular complexity index is 145. The van der Waals surface area contributed by atoms with Crippen molar-refractivity contribution in [3.63, 3.8) is 0 Å². The molecule has 0 bridgehead atoms. The molecule has 0 N–H and O–H groups in total. The van der Waals surface area contributed by atoms with E-state index < -0.39 is 0 Å². The first kappa shape index (κ1) is 4.05. The molecule has 1 aromatic heterocycles. The maximum absolute atomic E-state index is 9.67. The highest BCUT2D eigenvalue weighted by Crippen LogP contribution is 1.74. The highest BCUT2D eigenvalue weighted by Gasteiger charge is 1.66. The van der Waals surface area contributed by atoms with Crippen molar-refractivity contribution in [1.82, 2.24) is 9.55 Å². The second-order valence-corrected chi connectivity index (χ2v) is 1.06. The number of carbonyl (C=O) groups excluding carboxylic acids is 1. The van der Waals surface area contributed by atoms with Gasteiger partial charge in [0, 0.05) is 0 Å². The van der Waals surface area contributed by atoms with Crippen LogP contribution in [0.5, 0.6) is 0 Å². The van der Waals surface area contributed by atoms with E-state index in [0.717, 1.165) is 0 Å². The number of hydrogen-bond donors (Lipinski definition) is 0. The molecular formula is C4H3N2O-. The Morgan fingerprint density at radius 3 is 2.86 bits per heavy atom. The molecular weight excluding hydrogens is 92.1 g/mol. The molecule has 0 atom stereocenters. The molecule has 36 valence electrons. The molecule has 0 saturated heterocycles. The molecule has 0 radical (unpaired) electrons. The fraction of sp³-hybridized carbons (Fsp3) is 0. The highest BCUT2D eigenvalue weighted by atomic mass is 16.1. The van der Waals surface area contributed by atoms with Gasteiger partial charge in [-0.15, -0.1) is 0 Å². The summed E-state index contributed by atoms with van der Waals surface area (Å²) >= 11 is 0. The molecule has 0 aromatic carbocycles. The van der Waals surface area contributed by atoms with Crippen LogP contribution in [-0.4, -0.2) is 16.0 Å². The first-order valence-electron chi connectivity index (χ1n) is 1.79. The van der Waals surface area contributed by atoms with Gasteiger partial charge in [0.1, 0.15) is 6.41 Å². The van der Waals surface area contributed by atoms with Crippen LogP contribution in [-0.2, 0) is 4.79 Å². The van der Waals surface area contributed by atoms with Crippen molar-refractivity contribution in [3.05, 3.63) is 18.7 Å². The molecule has 0 aliphatic carbocycles. The lowest BCUT2D eigenvalue weighted by atomic mass is 10.9. The Kier molecular flexibility index (Phi) is 0.898. The van der Waals surface area contributed by atoms with Gasteiger partial charge in [-0.05, 0) is 12.5 Å². The molecule has 0 aliphatic heterocycles. The molecule has 0 saturated carbocycles. The molecule has 7 heavy (non-hydrogen) atoms. The van der Waals surface area contributed by atoms with E-state index in [-0.39, 0.29) is 0 Å². The average Bonchev–Trinajstić information content (AvgIpc) is 2.14. The predicted molar refractivity (Wildman–Crippen MR) is 23.3 cm³/mol. The van der Waals surface area contributed by atoms with Crippen LogP contribution in [0, 0.1) is 0 Å². The molecule has 1 aromatic rings. The third-order valence-corrected chi connectivity index (χ3v) is 0.610. The van der Waals surface area contributed by atoms with E-state index in [9.17, 15) is 4.79 Å². The monoisotopic (exact) mass is 95.0 g/mol. The third kappa shape index (κ3) is 0.652.